The van der Waals surface area contributed by atoms with E-state index in [2.05, 4.69) is 0 Å². The van der Waals surface area contributed by atoms with Crippen molar-refractivity contribution in [3.63, 3.8) is 0 Å². The zero-order valence-corrected chi connectivity index (χ0v) is 12.8. The van der Waals surface area contributed by atoms with Crippen LogP contribution >= 0.6 is 0 Å². The molecule has 0 bridgehead atoms. The van der Waals surface area contributed by atoms with Gasteiger partial charge in [0.2, 0.25) is 0 Å². The van der Waals surface area contributed by atoms with Crippen molar-refractivity contribution in [1.29, 1.82) is 0 Å². The molecule has 1 aromatic carbocycles. The largest absolute Gasteiger partial charge is 0.496 e. The number of methoxy groups -OCH3 is 4. The molecule has 2 rings (SSSR count). The van der Waals surface area contributed by atoms with Crippen molar-refractivity contribution in [2.75, 3.05) is 35.0 Å². The van der Waals surface area contributed by atoms with E-state index >= 15 is 0 Å². The van der Waals surface area contributed by atoms with Crippen LogP contribution in [-0.4, -0.2) is 46.0 Å². The van der Waals surface area contributed by atoms with Crippen LogP contribution in [0.1, 0.15) is 24.4 Å². The molecule has 6 heteroatoms. The van der Waals surface area contributed by atoms with E-state index in [1.54, 1.807) is 38.4 Å². The molecular formula is C15H21NO5. The molecule has 0 aliphatic carbocycles. The number of ether oxygens (including phenoxy) is 4. The number of hydrogen-bond acceptors (Lipinski definition) is 5. The molecule has 0 aromatic heterocycles. The smallest absolute Gasteiger partial charge is 0.410 e. The molecular weight excluding hydrogens is 274 g/mol. The Labute approximate surface area is 124 Å². The molecule has 1 saturated heterocycles. The summed E-state index contributed by atoms with van der Waals surface area (Å²) in [4.78, 5) is 13.6. The number of nitrogens with zero attached hydrogens (tertiary/aromatic N) is 1. The second-order valence-electron chi connectivity index (χ2n) is 4.77. The molecule has 6 nitrogen and oxygen atoms in total. The maximum atomic E-state index is 11.9. The Kier molecular flexibility index (Phi) is 4.77. The number of amides is 1. The van der Waals surface area contributed by atoms with Crippen LogP contribution in [0, 0.1) is 0 Å². The quantitative estimate of drug-likeness (QED) is 0.854. The zero-order chi connectivity index (χ0) is 15.4. The van der Waals surface area contributed by atoms with Crippen molar-refractivity contribution < 1.29 is 23.7 Å². The fourth-order valence-corrected chi connectivity index (χ4v) is 2.76. The molecule has 1 aliphatic rings. The van der Waals surface area contributed by atoms with Gasteiger partial charge in [0.15, 0.2) is 0 Å². The van der Waals surface area contributed by atoms with Gasteiger partial charge in [-0.2, -0.15) is 0 Å². The van der Waals surface area contributed by atoms with E-state index in [4.69, 9.17) is 18.9 Å². The lowest BCUT2D eigenvalue weighted by atomic mass is 10.0. The minimum atomic E-state index is -0.336. The highest BCUT2D eigenvalue weighted by atomic mass is 16.5. The van der Waals surface area contributed by atoms with Crippen molar-refractivity contribution in [2.24, 2.45) is 0 Å². The predicted molar refractivity (Wildman–Crippen MR) is 77.2 cm³/mol. The number of rotatable bonds is 4. The Morgan fingerprint density at radius 1 is 1.10 bits per heavy atom. The fraction of sp³-hybridized carbons (Fsp3) is 0.533. The molecule has 1 aromatic rings. The number of benzene rings is 1. The van der Waals surface area contributed by atoms with Crippen LogP contribution in [0.3, 0.4) is 0 Å². The van der Waals surface area contributed by atoms with Gasteiger partial charge < -0.3 is 23.8 Å². The van der Waals surface area contributed by atoms with Crippen LogP contribution < -0.4 is 14.2 Å². The van der Waals surface area contributed by atoms with Crippen molar-refractivity contribution >= 4 is 6.09 Å². The monoisotopic (exact) mass is 295 g/mol. The molecule has 0 saturated carbocycles. The summed E-state index contributed by atoms with van der Waals surface area (Å²) in [6, 6.07) is 3.48. The van der Waals surface area contributed by atoms with E-state index in [9.17, 15) is 4.79 Å². The normalized spacial score (nSPS) is 17.5. The number of likely N-dealkylation sites (tertiary alicyclic amines) is 1. The topological polar surface area (TPSA) is 57.2 Å². The Morgan fingerprint density at radius 2 is 1.71 bits per heavy atom. The summed E-state index contributed by atoms with van der Waals surface area (Å²) in [5, 5.41) is 0. The molecule has 1 aliphatic heterocycles. The molecule has 1 atom stereocenters. The molecule has 0 N–H and O–H groups in total. The SMILES string of the molecule is COC(=O)N1CCCC1c1c(OC)cc(OC)cc1OC. The van der Waals surface area contributed by atoms with Crippen LogP contribution in [0.2, 0.25) is 0 Å². The highest BCUT2D eigenvalue weighted by molar-refractivity contribution is 5.69. The molecule has 1 heterocycles. The summed E-state index contributed by atoms with van der Waals surface area (Å²) in [7, 11) is 6.16. The van der Waals surface area contributed by atoms with Crippen LogP contribution in [0.5, 0.6) is 17.2 Å². The van der Waals surface area contributed by atoms with Crippen molar-refractivity contribution in [2.45, 2.75) is 18.9 Å². The van der Waals surface area contributed by atoms with E-state index in [1.165, 1.54) is 7.11 Å². The first-order valence-corrected chi connectivity index (χ1v) is 6.80. The van der Waals surface area contributed by atoms with E-state index in [-0.39, 0.29) is 12.1 Å². The van der Waals surface area contributed by atoms with Gasteiger partial charge in [0.25, 0.3) is 0 Å². The van der Waals surface area contributed by atoms with Gasteiger partial charge in [0.1, 0.15) is 17.2 Å². The molecule has 0 spiro atoms. The first-order valence-electron chi connectivity index (χ1n) is 6.80. The second kappa shape index (κ2) is 6.56. The van der Waals surface area contributed by atoms with E-state index in [0.29, 0.717) is 23.8 Å². The third-order valence-electron chi connectivity index (χ3n) is 3.75. The van der Waals surface area contributed by atoms with Crippen LogP contribution in [0.4, 0.5) is 4.79 Å². The van der Waals surface area contributed by atoms with Crippen molar-refractivity contribution in [1.82, 2.24) is 4.90 Å². The maximum Gasteiger partial charge on any atom is 0.410 e. The van der Waals surface area contributed by atoms with Gasteiger partial charge in [0.05, 0.1) is 40.0 Å². The maximum absolute atomic E-state index is 11.9. The minimum absolute atomic E-state index is 0.117. The first kappa shape index (κ1) is 15.3. The van der Waals surface area contributed by atoms with Gasteiger partial charge in [-0.05, 0) is 12.8 Å². The van der Waals surface area contributed by atoms with Gasteiger partial charge in [-0.3, -0.25) is 0 Å². The number of hydrogen-bond donors (Lipinski definition) is 0. The lowest BCUT2D eigenvalue weighted by Gasteiger charge is -2.26. The van der Waals surface area contributed by atoms with Gasteiger partial charge in [-0.25, -0.2) is 4.79 Å². The highest BCUT2D eigenvalue weighted by Gasteiger charge is 2.35. The molecule has 1 amide bonds. The van der Waals surface area contributed by atoms with Gasteiger partial charge in [-0.1, -0.05) is 0 Å². The van der Waals surface area contributed by atoms with Gasteiger partial charge in [-0.15, -0.1) is 0 Å². The second-order valence-corrected chi connectivity index (χ2v) is 4.77. The predicted octanol–water partition coefficient (Wildman–Crippen LogP) is 2.62. The van der Waals surface area contributed by atoms with Crippen LogP contribution in [-0.2, 0) is 4.74 Å². The summed E-state index contributed by atoms with van der Waals surface area (Å²) in [5.74, 6) is 1.94. The third kappa shape index (κ3) is 2.84. The fourth-order valence-electron chi connectivity index (χ4n) is 2.76. The van der Waals surface area contributed by atoms with Gasteiger partial charge >= 0.3 is 6.09 Å². The standard InChI is InChI=1S/C15H21NO5/c1-18-10-8-12(19-2)14(13(9-10)20-3)11-6-5-7-16(11)15(17)21-4/h8-9,11H,5-7H2,1-4H3. The van der Waals surface area contributed by atoms with Crippen molar-refractivity contribution in [3.8, 4) is 17.2 Å². The van der Waals surface area contributed by atoms with Crippen molar-refractivity contribution in [3.05, 3.63) is 17.7 Å². The lowest BCUT2D eigenvalue weighted by Crippen LogP contribution is -2.30. The summed E-state index contributed by atoms with van der Waals surface area (Å²) in [5.41, 5.74) is 0.851. The Morgan fingerprint density at radius 3 is 2.19 bits per heavy atom. The molecule has 1 unspecified atom stereocenters. The lowest BCUT2D eigenvalue weighted by molar-refractivity contribution is 0.118. The van der Waals surface area contributed by atoms with E-state index in [0.717, 1.165) is 18.4 Å². The Bertz CT molecular complexity index is 492. The number of carbonyl (C=O) groups excluding carboxylic acids is 1. The average molecular weight is 295 g/mol. The van der Waals surface area contributed by atoms with Crippen LogP contribution in [0.15, 0.2) is 12.1 Å². The van der Waals surface area contributed by atoms with E-state index in [1.807, 2.05) is 0 Å². The third-order valence-corrected chi connectivity index (χ3v) is 3.75. The summed E-state index contributed by atoms with van der Waals surface area (Å²) >= 11 is 0. The Hall–Kier alpha value is -2.11. The minimum Gasteiger partial charge on any atom is -0.496 e. The summed E-state index contributed by atoms with van der Waals surface area (Å²) in [6.07, 6.45) is 1.42. The van der Waals surface area contributed by atoms with Gasteiger partial charge in [0, 0.05) is 18.7 Å². The summed E-state index contributed by atoms with van der Waals surface area (Å²) in [6.45, 7) is 0.662. The first-order chi connectivity index (χ1) is 10.2. The Balaban J connectivity index is 2.48. The van der Waals surface area contributed by atoms with E-state index < -0.39 is 0 Å². The van der Waals surface area contributed by atoms with Crippen LogP contribution in [0.25, 0.3) is 0 Å². The molecule has 21 heavy (non-hydrogen) atoms. The molecule has 116 valence electrons. The highest BCUT2D eigenvalue weighted by Crippen LogP contribution is 2.44. The summed E-state index contributed by atoms with van der Waals surface area (Å²) < 4.78 is 21.0. The zero-order valence-electron chi connectivity index (χ0n) is 12.8. The number of carbonyl (C=O) groups is 1. The molecule has 0 radical (unpaired) electrons. The molecule has 1 fully saturated rings. The average Bonchev–Trinajstić information content (AvgIpc) is 3.01.